The Morgan fingerprint density at radius 1 is 1.15 bits per heavy atom. The summed E-state index contributed by atoms with van der Waals surface area (Å²) in [5, 5.41) is 12.9. The van der Waals surface area contributed by atoms with Crippen molar-refractivity contribution < 1.29 is 14.6 Å². The van der Waals surface area contributed by atoms with Gasteiger partial charge in [0.25, 0.3) is 0 Å². The van der Waals surface area contributed by atoms with Gasteiger partial charge in [0.2, 0.25) is 0 Å². The van der Waals surface area contributed by atoms with Gasteiger partial charge in [-0.05, 0) is 37.5 Å². The summed E-state index contributed by atoms with van der Waals surface area (Å²) in [7, 11) is 0. The standard InChI is InChI=1S/C21H25NO3.ClH/c1-16-7-6-8-17(15-16)21(11-4-5-12-21)22-13-14-25-19-10-3-2-9-18(19)20(23)24;/h2-3,6-10,15,22H,4-5,11-14H2,1H3,(H,23,24);1H. The van der Waals surface area contributed by atoms with Crippen LogP contribution in [0.4, 0.5) is 0 Å². The fourth-order valence-corrected chi connectivity index (χ4v) is 3.71. The zero-order valence-electron chi connectivity index (χ0n) is 15.0. The number of para-hydroxylation sites is 1. The molecule has 0 aromatic heterocycles. The molecular weight excluding hydrogens is 350 g/mol. The molecule has 0 bridgehead atoms. The minimum absolute atomic E-state index is 0. The highest BCUT2D eigenvalue weighted by Crippen LogP contribution is 2.38. The van der Waals surface area contributed by atoms with E-state index in [1.54, 1.807) is 24.3 Å². The van der Waals surface area contributed by atoms with Gasteiger partial charge in [0, 0.05) is 12.1 Å². The lowest BCUT2D eigenvalue weighted by Gasteiger charge is -2.31. The Morgan fingerprint density at radius 3 is 2.58 bits per heavy atom. The van der Waals surface area contributed by atoms with Crippen molar-refractivity contribution in [2.75, 3.05) is 13.2 Å². The number of hydrogen-bond donors (Lipinski definition) is 2. The number of benzene rings is 2. The first-order chi connectivity index (χ1) is 12.1. The van der Waals surface area contributed by atoms with Crippen molar-refractivity contribution in [3.63, 3.8) is 0 Å². The van der Waals surface area contributed by atoms with Crippen LogP contribution in [0.1, 0.15) is 47.2 Å². The van der Waals surface area contributed by atoms with E-state index in [-0.39, 0.29) is 23.5 Å². The number of ether oxygens (including phenoxy) is 1. The average Bonchev–Trinajstić information content (AvgIpc) is 3.09. The molecule has 0 spiro atoms. The van der Waals surface area contributed by atoms with Gasteiger partial charge >= 0.3 is 5.97 Å². The number of hydrogen-bond acceptors (Lipinski definition) is 3. The van der Waals surface area contributed by atoms with Gasteiger partial charge in [0.1, 0.15) is 17.9 Å². The first-order valence-electron chi connectivity index (χ1n) is 8.88. The minimum atomic E-state index is -0.962. The van der Waals surface area contributed by atoms with Gasteiger partial charge in [-0.25, -0.2) is 4.79 Å². The number of carboxylic acid groups (broad SMARTS) is 1. The monoisotopic (exact) mass is 375 g/mol. The van der Waals surface area contributed by atoms with Crippen LogP contribution in [-0.4, -0.2) is 24.2 Å². The van der Waals surface area contributed by atoms with Gasteiger partial charge in [0.05, 0.1) is 0 Å². The summed E-state index contributed by atoms with van der Waals surface area (Å²) in [6.45, 7) is 3.25. The maximum atomic E-state index is 11.2. The zero-order chi connectivity index (χ0) is 17.7. The first-order valence-corrected chi connectivity index (χ1v) is 8.88. The normalized spacial score (nSPS) is 15.3. The van der Waals surface area contributed by atoms with Crippen LogP contribution in [0.2, 0.25) is 0 Å². The summed E-state index contributed by atoms with van der Waals surface area (Å²) in [5.41, 5.74) is 2.84. The number of nitrogens with one attached hydrogen (secondary N) is 1. The molecule has 2 aromatic carbocycles. The van der Waals surface area contributed by atoms with Crippen molar-refractivity contribution in [1.29, 1.82) is 0 Å². The predicted molar refractivity (Wildman–Crippen MR) is 105 cm³/mol. The van der Waals surface area contributed by atoms with E-state index in [4.69, 9.17) is 4.74 Å². The summed E-state index contributed by atoms with van der Waals surface area (Å²) in [6, 6.07) is 15.5. The minimum Gasteiger partial charge on any atom is -0.491 e. The fraction of sp³-hybridized carbons (Fsp3) is 0.381. The summed E-state index contributed by atoms with van der Waals surface area (Å²) >= 11 is 0. The van der Waals surface area contributed by atoms with Crippen molar-refractivity contribution in [3.8, 4) is 5.75 Å². The van der Waals surface area contributed by atoms with Crippen molar-refractivity contribution in [3.05, 3.63) is 65.2 Å². The molecule has 1 aliphatic rings. The molecule has 0 aliphatic heterocycles. The molecule has 0 atom stereocenters. The summed E-state index contributed by atoms with van der Waals surface area (Å²) < 4.78 is 5.72. The molecule has 0 amide bonds. The molecule has 140 valence electrons. The lowest BCUT2D eigenvalue weighted by atomic mass is 9.87. The number of carbonyl (C=O) groups is 1. The third kappa shape index (κ3) is 4.57. The number of rotatable bonds is 7. The van der Waals surface area contributed by atoms with Crippen LogP contribution in [0.25, 0.3) is 0 Å². The van der Waals surface area contributed by atoms with E-state index >= 15 is 0 Å². The van der Waals surface area contributed by atoms with E-state index < -0.39 is 5.97 Å². The van der Waals surface area contributed by atoms with Gasteiger partial charge in [-0.3, -0.25) is 0 Å². The second-order valence-corrected chi connectivity index (χ2v) is 6.74. The lowest BCUT2D eigenvalue weighted by Crippen LogP contribution is -2.42. The van der Waals surface area contributed by atoms with E-state index in [2.05, 4.69) is 36.5 Å². The van der Waals surface area contributed by atoms with Crippen LogP contribution in [0.5, 0.6) is 5.75 Å². The van der Waals surface area contributed by atoms with Gasteiger partial charge < -0.3 is 15.2 Å². The summed E-state index contributed by atoms with van der Waals surface area (Å²) in [5.74, 6) is -0.539. The van der Waals surface area contributed by atoms with Crippen LogP contribution >= 0.6 is 12.4 Å². The van der Waals surface area contributed by atoms with Gasteiger partial charge in [-0.1, -0.05) is 54.8 Å². The second kappa shape index (κ2) is 9.06. The molecule has 0 radical (unpaired) electrons. The Balaban J connectivity index is 0.00000243. The molecule has 1 saturated carbocycles. The molecule has 1 aliphatic carbocycles. The number of carboxylic acids is 1. The molecule has 0 unspecified atom stereocenters. The van der Waals surface area contributed by atoms with Gasteiger partial charge in [-0.2, -0.15) is 0 Å². The van der Waals surface area contributed by atoms with Gasteiger partial charge in [-0.15, -0.1) is 12.4 Å². The van der Waals surface area contributed by atoms with E-state index in [0.29, 0.717) is 18.9 Å². The van der Waals surface area contributed by atoms with Crippen molar-refractivity contribution >= 4 is 18.4 Å². The highest BCUT2D eigenvalue weighted by Gasteiger charge is 2.34. The van der Waals surface area contributed by atoms with Crippen molar-refractivity contribution in [2.24, 2.45) is 0 Å². The van der Waals surface area contributed by atoms with Crippen molar-refractivity contribution in [1.82, 2.24) is 5.32 Å². The Kier molecular flexibility index (Phi) is 7.06. The van der Waals surface area contributed by atoms with Crippen LogP contribution in [0, 0.1) is 6.92 Å². The van der Waals surface area contributed by atoms with Crippen LogP contribution in [0.3, 0.4) is 0 Å². The third-order valence-corrected chi connectivity index (χ3v) is 4.97. The van der Waals surface area contributed by atoms with Gasteiger partial charge in [0.15, 0.2) is 0 Å². The highest BCUT2D eigenvalue weighted by atomic mass is 35.5. The number of aromatic carboxylic acids is 1. The maximum Gasteiger partial charge on any atom is 0.339 e. The molecular formula is C21H26ClNO3. The Bertz CT molecular complexity index is 742. The molecule has 1 fully saturated rings. The number of halogens is 1. The quantitative estimate of drug-likeness (QED) is 0.697. The fourth-order valence-electron chi connectivity index (χ4n) is 3.71. The number of aryl methyl sites for hydroxylation is 1. The topological polar surface area (TPSA) is 58.6 Å². The molecule has 0 heterocycles. The first kappa shape index (κ1) is 20.3. The lowest BCUT2D eigenvalue weighted by molar-refractivity contribution is 0.0692. The highest BCUT2D eigenvalue weighted by molar-refractivity contribution is 5.90. The largest absolute Gasteiger partial charge is 0.491 e. The van der Waals surface area contributed by atoms with E-state index in [9.17, 15) is 9.90 Å². The molecule has 2 N–H and O–H groups in total. The average molecular weight is 376 g/mol. The summed E-state index contributed by atoms with van der Waals surface area (Å²) in [4.78, 5) is 11.2. The third-order valence-electron chi connectivity index (χ3n) is 4.97. The SMILES string of the molecule is Cc1cccc(C2(NCCOc3ccccc3C(=O)O)CCCC2)c1.Cl. The van der Waals surface area contributed by atoms with Crippen LogP contribution in [0.15, 0.2) is 48.5 Å². The van der Waals surface area contributed by atoms with Crippen molar-refractivity contribution in [2.45, 2.75) is 38.1 Å². The van der Waals surface area contributed by atoms with E-state index in [1.807, 2.05) is 0 Å². The smallest absolute Gasteiger partial charge is 0.339 e. The second-order valence-electron chi connectivity index (χ2n) is 6.74. The van der Waals surface area contributed by atoms with Crippen LogP contribution in [-0.2, 0) is 5.54 Å². The Labute approximate surface area is 161 Å². The Hall–Kier alpha value is -2.04. The van der Waals surface area contributed by atoms with E-state index in [1.165, 1.54) is 24.0 Å². The Morgan fingerprint density at radius 2 is 1.88 bits per heavy atom. The molecule has 26 heavy (non-hydrogen) atoms. The molecule has 2 aromatic rings. The summed E-state index contributed by atoms with van der Waals surface area (Å²) in [6.07, 6.45) is 4.71. The maximum absolute atomic E-state index is 11.2. The van der Waals surface area contributed by atoms with E-state index in [0.717, 1.165) is 12.8 Å². The predicted octanol–water partition coefficient (Wildman–Crippen LogP) is 4.55. The molecule has 5 heteroatoms. The molecule has 3 rings (SSSR count). The zero-order valence-corrected chi connectivity index (χ0v) is 15.8. The molecule has 4 nitrogen and oxygen atoms in total. The van der Waals surface area contributed by atoms with Crippen LogP contribution < -0.4 is 10.1 Å². The molecule has 0 saturated heterocycles.